The van der Waals surface area contributed by atoms with Gasteiger partial charge in [0.15, 0.2) is 0 Å². The zero-order valence-corrected chi connectivity index (χ0v) is 10.9. The number of aliphatic hydroxyl groups excluding tert-OH is 1. The van der Waals surface area contributed by atoms with Crippen LogP contribution in [0.4, 0.5) is 11.4 Å². The minimum atomic E-state index is -0.949. The summed E-state index contributed by atoms with van der Waals surface area (Å²) >= 11 is 0. The molecule has 4 N–H and O–H groups in total. The zero-order valence-electron chi connectivity index (χ0n) is 10.9. The van der Waals surface area contributed by atoms with Gasteiger partial charge in [-0.05, 0) is 43.9 Å². The lowest BCUT2D eigenvalue weighted by Gasteiger charge is -2.28. The molecule has 1 aromatic carbocycles. The summed E-state index contributed by atoms with van der Waals surface area (Å²) in [7, 11) is 0. The fraction of sp³-hybridized carbons (Fsp3) is 0.500. The molecule has 1 aliphatic heterocycles. The van der Waals surface area contributed by atoms with E-state index in [2.05, 4.69) is 4.90 Å². The first-order valence-corrected chi connectivity index (χ1v) is 6.64. The molecule has 1 saturated heterocycles. The molecular weight excluding hydrogens is 244 g/mol. The van der Waals surface area contributed by atoms with Crippen LogP contribution in [0.25, 0.3) is 0 Å². The second-order valence-corrected chi connectivity index (χ2v) is 4.94. The predicted octanol–water partition coefficient (Wildman–Crippen LogP) is 1.71. The van der Waals surface area contributed by atoms with Crippen LogP contribution in [0.15, 0.2) is 18.2 Å². The molecule has 0 aliphatic carbocycles. The van der Waals surface area contributed by atoms with Gasteiger partial charge in [0.1, 0.15) is 0 Å². The lowest BCUT2D eigenvalue weighted by molar-refractivity contribution is 0.0697. The number of anilines is 2. The van der Waals surface area contributed by atoms with Crippen molar-refractivity contribution in [2.75, 3.05) is 23.8 Å². The van der Waals surface area contributed by atoms with Gasteiger partial charge < -0.3 is 20.8 Å². The van der Waals surface area contributed by atoms with Crippen LogP contribution in [-0.4, -0.2) is 35.4 Å². The maximum Gasteiger partial charge on any atom is 0.337 e. The van der Waals surface area contributed by atoms with Crippen LogP contribution in [0.5, 0.6) is 0 Å². The molecular formula is C14H20N2O3. The Morgan fingerprint density at radius 1 is 1.47 bits per heavy atom. The van der Waals surface area contributed by atoms with Gasteiger partial charge in [-0.15, -0.1) is 0 Å². The highest BCUT2D eigenvalue weighted by atomic mass is 16.4. The Morgan fingerprint density at radius 2 is 2.26 bits per heavy atom. The van der Waals surface area contributed by atoms with E-state index in [0.717, 1.165) is 37.9 Å². The highest BCUT2D eigenvalue weighted by molar-refractivity contribution is 5.95. The third kappa shape index (κ3) is 2.98. The van der Waals surface area contributed by atoms with Crippen molar-refractivity contribution in [1.29, 1.82) is 0 Å². The van der Waals surface area contributed by atoms with E-state index in [4.69, 9.17) is 10.8 Å². The summed E-state index contributed by atoms with van der Waals surface area (Å²) in [6.45, 7) is 1.04. The molecule has 0 bridgehead atoms. The summed E-state index contributed by atoms with van der Waals surface area (Å²) in [5, 5.41) is 18.2. The van der Waals surface area contributed by atoms with Crippen LogP contribution in [-0.2, 0) is 0 Å². The van der Waals surface area contributed by atoms with E-state index >= 15 is 0 Å². The van der Waals surface area contributed by atoms with E-state index in [-0.39, 0.29) is 12.2 Å². The van der Waals surface area contributed by atoms with Crippen molar-refractivity contribution < 1.29 is 15.0 Å². The first kappa shape index (κ1) is 13.7. The van der Waals surface area contributed by atoms with Gasteiger partial charge in [-0.25, -0.2) is 4.79 Å². The minimum absolute atomic E-state index is 0.178. The Hall–Kier alpha value is -1.75. The van der Waals surface area contributed by atoms with E-state index in [0.29, 0.717) is 11.7 Å². The van der Waals surface area contributed by atoms with Crippen molar-refractivity contribution in [2.45, 2.75) is 31.7 Å². The van der Waals surface area contributed by atoms with Crippen molar-refractivity contribution in [3.05, 3.63) is 23.8 Å². The number of carboxylic acids is 1. The van der Waals surface area contributed by atoms with Crippen LogP contribution in [0.2, 0.25) is 0 Å². The van der Waals surface area contributed by atoms with Gasteiger partial charge in [-0.1, -0.05) is 0 Å². The summed E-state index contributed by atoms with van der Waals surface area (Å²) in [6, 6.07) is 5.35. The topological polar surface area (TPSA) is 86.8 Å². The molecule has 1 aromatic rings. The Balaban J connectivity index is 2.27. The van der Waals surface area contributed by atoms with E-state index in [9.17, 15) is 9.90 Å². The van der Waals surface area contributed by atoms with Crippen molar-refractivity contribution in [1.82, 2.24) is 0 Å². The number of hydrogen-bond donors (Lipinski definition) is 3. The number of hydrogen-bond acceptors (Lipinski definition) is 4. The lowest BCUT2D eigenvalue weighted by atomic mass is 10.1. The van der Waals surface area contributed by atoms with Crippen LogP contribution in [0.1, 0.15) is 36.0 Å². The number of aliphatic hydroxyl groups is 1. The molecule has 1 heterocycles. The Morgan fingerprint density at radius 3 is 2.95 bits per heavy atom. The number of carbonyl (C=O) groups is 1. The van der Waals surface area contributed by atoms with Crippen LogP contribution >= 0.6 is 0 Å². The average Bonchev–Trinajstić information content (AvgIpc) is 2.84. The zero-order chi connectivity index (χ0) is 13.8. The molecule has 5 heteroatoms. The third-order valence-electron chi connectivity index (χ3n) is 3.63. The number of nitrogen functional groups attached to an aromatic ring is 1. The number of benzene rings is 1. The maximum absolute atomic E-state index is 11.3. The molecule has 5 nitrogen and oxygen atoms in total. The number of carboxylic acid groups (broad SMARTS) is 1. The number of rotatable bonds is 5. The summed E-state index contributed by atoms with van der Waals surface area (Å²) < 4.78 is 0. The molecule has 19 heavy (non-hydrogen) atoms. The number of nitrogens with zero attached hydrogens (tertiary/aromatic N) is 1. The first-order valence-electron chi connectivity index (χ1n) is 6.64. The van der Waals surface area contributed by atoms with Gasteiger partial charge in [-0.2, -0.15) is 0 Å². The second-order valence-electron chi connectivity index (χ2n) is 4.94. The Labute approximate surface area is 112 Å². The molecule has 0 spiro atoms. The molecule has 0 saturated carbocycles. The standard InChI is InChI=1S/C14H20N2O3/c15-10-5-6-13(12(9-10)14(18)19)16-7-1-3-11(16)4-2-8-17/h5-6,9,11,17H,1-4,7-8,15H2,(H,18,19). The maximum atomic E-state index is 11.3. The Bertz CT molecular complexity index is 462. The molecule has 1 unspecified atom stereocenters. The number of nitrogens with two attached hydrogens (primary N) is 1. The third-order valence-corrected chi connectivity index (χ3v) is 3.63. The van der Waals surface area contributed by atoms with Gasteiger partial charge in [0.05, 0.1) is 11.3 Å². The monoisotopic (exact) mass is 264 g/mol. The van der Waals surface area contributed by atoms with E-state index in [1.807, 2.05) is 0 Å². The molecule has 1 fully saturated rings. The summed E-state index contributed by atoms with van der Waals surface area (Å²) in [5.41, 5.74) is 7.13. The predicted molar refractivity (Wildman–Crippen MR) is 74.5 cm³/mol. The molecule has 0 amide bonds. The molecule has 0 aromatic heterocycles. The lowest BCUT2D eigenvalue weighted by Crippen LogP contribution is -2.30. The van der Waals surface area contributed by atoms with E-state index < -0.39 is 5.97 Å². The minimum Gasteiger partial charge on any atom is -0.478 e. The van der Waals surface area contributed by atoms with Crippen molar-refractivity contribution in [3.8, 4) is 0 Å². The SMILES string of the molecule is Nc1ccc(N2CCCC2CCCO)c(C(=O)O)c1. The van der Waals surface area contributed by atoms with Gasteiger partial charge in [0, 0.05) is 24.9 Å². The van der Waals surface area contributed by atoms with Crippen LogP contribution in [0.3, 0.4) is 0 Å². The Kier molecular flexibility index (Phi) is 4.27. The quantitative estimate of drug-likeness (QED) is 0.705. The van der Waals surface area contributed by atoms with Crippen molar-refractivity contribution in [2.24, 2.45) is 0 Å². The summed E-state index contributed by atoms with van der Waals surface area (Å²) in [5.74, 6) is -0.949. The largest absolute Gasteiger partial charge is 0.478 e. The van der Waals surface area contributed by atoms with E-state index in [1.165, 1.54) is 6.07 Å². The van der Waals surface area contributed by atoms with Gasteiger partial charge in [-0.3, -0.25) is 0 Å². The van der Waals surface area contributed by atoms with Crippen LogP contribution in [0, 0.1) is 0 Å². The molecule has 2 rings (SSSR count). The number of aromatic carboxylic acids is 1. The van der Waals surface area contributed by atoms with E-state index in [1.54, 1.807) is 12.1 Å². The molecule has 104 valence electrons. The summed E-state index contributed by atoms with van der Waals surface area (Å²) in [4.78, 5) is 13.5. The molecule has 1 atom stereocenters. The normalized spacial score (nSPS) is 18.8. The van der Waals surface area contributed by atoms with Crippen LogP contribution < -0.4 is 10.6 Å². The fourth-order valence-electron chi connectivity index (χ4n) is 2.76. The first-order chi connectivity index (χ1) is 9.13. The van der Waals surface area contributed by atoms with Gasteiger partial charge in [0.25, 0.3) is 0 Å². The van der Waals surface area contributed by atoms with Crippen molar-refractivity contribution in [3.63, 3.8) is 0 Å². The fourth-order valence-corrected chi connectivity index (χ4v) is 2.76. The van der Waals surface area contributed by atoms with Gasteiger partial charge in [0.2, 0.25) is 0 Å². The second kappa shape index (κ2) is 5.93. The van der Waals surface area contributed by atoms with Gasteiger partial charge >= 0.3 is 5.97 Å². The average molecular weight is 264 g/mol. The molecule has 1 aliphatic rings. The highest BCUT2D eigenvalue weighted by Crippen LogP contribution is 2.31. The highest BCUT2D eigenvalue weighted by Gasteiger charge is 2.27. The molecule has 0 radical (unpaired) electrons. The smallest absolute Gasteiger partial charge is 0.337 e. The summed E-state index contributed by atoms with van der Waals surface area (Å²) in [6.07, 6.45) is 3.74. The van der Waals surface area contributed by atoms with Crippen molar-refractivity contribution >= 4 is 17.3 Å².